The SMILES string of the molecule is CCOc1cc(C(C)N2CCc3c(cc(CCN(C)CC)cc3-c3cn(C)c(=O)c(C)c3C)C2=O)ncc1C#N. The van der Waals surface area contributed by atoms with E-state index in [-0.39, 0.29) is 17.5 Å². The molecular weight excluding hydrogens is 502 g/mol. The average Bonchev–Trinajstić information content (AvgIpc) is 2.96. The van der Waals surface area contributed by atoms with E-state index >= 15 is 0 Å². The summed E-state index contributed by atoms with van der Waals surface area (Å²) >= 11 is 0. The van der Waals surface area contributed by atoms with Crippen molar-refractivity contribution in [3.63, 3.8) is 0 Å². The van der Waals surface area contributed by atoms with Gasteiger partial charge in [0.25, 0.3) is 11.5 Å². The molecule has 8 nitrogen and oxygen atoms in total. The summed E-state index contributed by atoms with van der Waals surface area (Å²) in [5.41, 5.74) is 7.56. The molecule has 1 amide bonds. The molecule has 8 heteroatoms. The van der Waals surface area contributed by atoms with Crippen molar-refractivity contribution in [1.82, 2.24) is 19.4 Å². The van der Waals surface area contributed by atoms with Crippen LogP contribution in [0, 0.1) is 25.2 Å². The predicted molar refractivity (Wildman–Crippen MR) is 157 cm³/mol. The monoisotopic (exact) mass is 541 g/mol. The third kappa shape index (κ3) is 5.52. The number of rotatable bonds is 9. The van der Waals surface area contributed by atoms with Crippen LogP contribution in [-0.2, 0) is 19.9 Å². The number of pyridine rings is 2. The second-order valence-corrected chi connectivity index (χ2v) is 10.6. The molecule has 1 aliphatic rings. The summed E-state index contributed by atoms with van der Waals surface area (Å²) in [5.74, 6) is 0.445. The van der Waals surface area contributed by atoms with Crippen LogP contribution < -0.4 is 10.3 Å². The van der Waals surface area contributed by atoms with E-state index in [1.54, 1.807) is 17.7 Å². The Morgan fingerprint density at radius 2 is 1.85 bits per heavy atom. The summed E-state index contributed by atoms with van der Waals surface area (Å²) in [4.78, 5) is 35.3. The number of fused-ring (bicyclic) bond motifs is 1. The summed E-state index contributed by atoms with van der Waals surface area (Å²) < 4.78 is 7.30. The number of nitrogens with zero attached hydrogens (tertiary/aromatic N) is 5. The lowest BCUT2D eigenvalue weighted by molar-refractivity contribution is 0.0669. The largest absolute Gasteiger partial charge is 0.492 e. The van der Waals surface area contributed by atoms with E-state index in [0.29, 0.717) is 42.1 Å². The van der Waals surface area contributed by atoms with Gasteiger partial charge in [-0.05, 0) is 82.4 Å². The van der Waals surface area contributed by atoms with Crippen LogP contribution in [0.2, 0.25) is 0 Å². The quantitative estimate of drug-likeness (QED) is 0.394. The summed E-state index contributed by atoms with van der Waals surface area (Å²) in [5, 5.41) is 9.43. The maximum atomic E-state index is 14.1. The van der Waals surface area contributed by atoms with Gasteiger partial charge in [-0.3, -0.25) is 14.6 Å². The number of hydrogen-bond donors (Lipinski definition) is 0. The van der Waals surface area contributed by atoms with Crippen molar-refractivity contribution in [2.75, 3.05) is 33.3 Å². The first-order chi connectivity index (χ1) is 19.1. The zero-order chi connectivity index (χ0) is 29.1. The van der Waals surface area contributed by atoms with E-state index in [9.17, 15) is 14.9 Å². The Morgan fingerprint density at radius 1 is 1.12 bits per heavy atom. The Balaban J connectivity index is 1.80. The molecule has 210 valence electrons. The van der Waals surface area contributed by atoms with Crippen LogP contribution >= 0.6 is 0 Å². The first kappa shape index (κ1) is 29.0. The predicted octanol–water partition coefficient (Wildman–Crippen LogP) is 4.59. The lowest BCUT2D eigenvalue weighted by Crippen LogP contribution is -2.40. The molecule has 0 bridgehead atoms. The van der Waals surface area contributed by atoms with Crippen molar-refractivity contribution in [2.24, 2.45) is 7.05 Å². The van der Waals surface area contributed by atoms with Gasteiger partial charge in [0.2, 0.25) is 0 Å². The molecule has 4 rings (SSSR count). The molecule has 1 atom stereocenters. The van der Waals surface area contributed by atoms with Gasteiger partial charge in [-0.15, -0.1) is 0 Å². The molecule has 0 N–H and O–H groups in total. The number of nitriles is 1. The van der Waals surface area contributed by atoms with Crippen LogP contribution in [0.4, 0.5) is 0 Å². The van der Waals surface area contributed by atoms with Crippen molar-refractivity contribution >= 4 is 5.91 Å². The third-order valence-corrected chi connectivity index (χ3v) is 8.15. The maximum Gasteiger partial charge on any atom is 0.254 e. The highest BCUT2D eigenvalue weighted by Crippen LogP contribution is 2.36. The average molecular weight is 542 g/mol. The molecule has 0 fully saturated rings. The molecule has 40 heavy (non-hydrogen) atoms. The van der Waals surface area contributed by atoms with E-state index in [1.807, 2.05) is 44.9 Å². The van der Waals surface area contributed by atoms with Crippen molar-refractivity contribution in [1.29, 1.82) is 5.26 Å². The third-order valence-electron chi connectivity index (χ3n) is 8.15. The van der Waals surface area contributed by atoms with Gasteiger partial charge < -0.3 is 19.1 Å². The van der Waals surface area contributed by atoms with Crippen LogP contribution in [0.15, 0.2) is 35.4 Å². The number of likely N-dealkylation sites (N-methyl/N-ethyl adjacent to an activating group) is 1. The summed E-state index contributed by atoms with van der Waals surface area (Å²) in [6.45, 7) is 12.6. The normalized spacial score (nSPS) is 13.8. The lowest BCUT2D eigenvalue weighted by Gasteiger charge is -2.35. The van der Waals surface area contributed by atoms with E-state index < -0.39 is 0 Å². The molecule has 1 aliphatic heterocycles. The molecule has 0 radical (unpaired) electrons. The Morgan fingerprint density at radius 3 is 2.52 bits per heavy atom. The summed E-state index contributed by atoms with van der Waals surface area (Å²) in [6, 6.07) is 7.85. The molecule has 0 saturated carbocycles. The van der Waals surface area contributed by atoms with Crippen LogP contribution in [0.5, 0.6) is 5.75 Å². The minimum atomic E-state index is -0.299. The standard InChI is InChI=1S/C32H39N5O3/c1-8-35(6)12-10-23-14-26(28-19-36(7)31(38)21(4)20(28)3)25-11-13-37(32(39)27(25)15-23)22(5)29-16-30(40-9-2)24(17-33)18-34-29/h14-16,18-19,22H,8-13H2,1-7H3. The van der Waals surface area contributed by atoms with Crippen molar-refractivity contribution in [3.8, 4) is 22.9 Å². The summed E-state index contributed by atoms with van der Waals surface area (Å²) in [7, 11) is 3.87. The Labute approximate surface area is 236 Å². The zero-order valence-electron chi connectivity index (χ0n) is 24.7. The van der Waals surface area contributed by atoms with Gasteiger partial charge in [0, 0.05) is 55.3 Å². The van der Waals surface area contributed by atoms with Crippen LogP contribution in [0.3, 0.4) is 0 Å². The number of amides is 1. The molecule has 0 aliphatic carbocycles. The van der Waals surface area contributed by atoms with E-state index in [1.165, 1.54) is 6.20 Å². The van der Waals surface area contributed by atoms with Gasteiger partial charge in [-0.1, -0.05) is 13.0 Å². The number of hydrogen-bond acceptors (Lipinski definition) is 6. The molecule has 1 aromatic carbocycles. The number of aryl methyl sites for hydroxylation is 1. The number of carbonyl (C=O) groups is 1. The molecule has 0 saturated heterocycles. The van der Waals surface area contributed by atoms with Crippen molar-refractivity contribution in [3.05, 3.63) is 80.0 Å². The number of ether oxygens (including phenoxy) is 1. The fraction of sp³-hybridized carbons (Fsp3) is 0.438. The smallest absolute Gasteiger partial charge is 0.254 e. The van der Waals surface area contributed by atoms with Gasteiger partial charge >= 0.3 is 0 Å². The fourth-order valence-corrected chi connectivity index (χ4v) is 5.36. The Kier molecular flexibility index (Phi) is 8.75. The minimum Gasteiger partial charge on any atom is -0.492 e. The van der Waals surface area contributed by atoms with Crippen molar-refractivity contribution < 1.29 is 9.53 Å². The van der Waals surface area contributed by atoms with Crippen LogP contribution in [0.1, 0.15) is 70.7 Å². The topological polar surface area (TPSA) is 91.5 Å². The highest BCUT2D eigenvalue weighted by Gasteiger charge is 2.32. The van der Waals surface area contributed by atoms with Gasteiger partial charge in [0.1, 0.15) is 17.4 Å². The summed E-state index contributed by atoms with van der Waals surface area (Å²) in [6.07, 6.45) is 4.92. The van der Waals surface area contributed by atoms with Crippen LogP contribution in [-0.4, -0.2) is 58.5 Å². The molecule has 0 spiro atoms. The highest BCUT2D eigenvalue weighted by atomic mass is 16.5. The van der Waals surface area contributed by atoms with Gasteiger partial charge in [0.15, 0.2) is 0 Å². The molecule has 3 heterocycles. The number of benzene rings is 1. The fourth-order valence-electron chi connectivity index (χ4n) is 5.36. The Bertz CT molecular complexity index is 1530. The van der Waals surface area contributed by atoms with E-state index in [2.05, 4.69) is 36.0 Å². The first-order valence-corrected chi connectivity index (χ1v) is 14.0. The van der Waals surface area contributed by atoms with E-state index in [4.69, 9.17) is 4.74 Å². The Hall–Kier alpha value is -3.96. The lowest BCUT2D eigenvalue weighted by atomic mass is 9.85. The first-order valence-electron chi connectivity index (χ1n) is 14.0. The van der Waals surface area contributed by atoms with Gasteiger partial charge in [-0.2, -0.15) is 5.26 Å². The maximum absolute atomic E-state index is 14.1. The molecular formula is C32H39N5O3. The second-order valence-electron chi connectivity index (χ2n) is 10.6. The van der Waals surface area contributed by atoms with Crippen LogP contribution in [0.25, 0.3) is 11.1 Å². The second kappa shape index (κ2) is 12.1. The molecule has 3 aromatic rings. The van der Waals surface area contributed by atoms with Gasteiger partial charge in [-0.25, -0.2) is 0 Å². The molecule has 2 aromatic heterocycles. The van der Waals surface area contributed by atoms with E-state index in [0.717, 1.165) is 52.9 Å². The zero-order valence-corrected chi connectivity index (χ0v) is 24.7. The molecule has 1 unspecified atom stereocenters. The number of aromatic nitrogens is 2. The van der Waals surface area contributed by atoms with Crippen molar-refractivity contribution in [2.45, 2.75) is 53.5 Å². The highest BCUT2D eigenvalue weighted by molar-refractivity contribution is 5.99. The number of carbonyl (C=O) groups excluding carboxylic acids is 1. The van der Waals surface area contributed by atoms with Gasteiger partial charge in [0.05, 0.1) is 18.3 Å². The minimum absolute atomic E-state index is 0.00624.